The Labute approximate surface area is 137 Å². The number of nitrogens with zero attached hydrogens (tertiary/aromatic N) is 2. The van der Waals surface area contributed by atoms with E-state index in [1.54, 1.807) is 17.2 Å². The van der Waals surface area contributed by atoms with E-state index in [9.17, 15) is 4.79 Å². The molecule has 1 heterocycles. The van der Waals surface area contributed by atoms with Crippen LogP contribution in [0.2, 0.25) is 0 Å². The number of ether oxygens (including phenoxy) is 1. The molecule has 2 aromatic rings. The van der Waals surface area contributed by atoms with Crippen molar-refractivity contribution in [3.8, 4) is 5.75 Å². The lowest BCUT2D eigenvalue weighted by Crippen LogP contribution is -2.31. The normalized spacial score (nSPS) is 10.2. The standard InChI is InChI=1S/C18H23N3O2/c1-4-21(5-2)18(22)16-12-11-14(13-19-16)20-15-9-7-8-10-17(15)23-6-3/h7-13,20H,4-6H2,1-3H3. The van der Waals surface area contributed by atoms with Gasteiger partial charge in [-0.05, 0) is 45.0 Å². The van der Waals surface area contributed by atoms with Crippen molar-refractivity contribution < 1.29 is 9.53 Å². The van der Waals surface area contributed by atoms with Crippen molar-refractivity contribution >= 4 is 17.3 Å². The Bertz CT molecular complexity index is 637. The van der Waals surface area contributed by atoms with Gasteiger partial charge in [-0.25, -0.2) is 4.98 Å². The van der Waals surface area contributed by atoms with E-state index in [-0.39, 0.29) is 5.91 Å². The highest BCUT2D eigenvalue weighted by molar-refractivity contribution is 5.92. The molecule has 0 aliphatic carbocycles. The molecule has 1 amide bonds. The molecule has 5 heteroatoms. The molecule has 0 fully saturated rings. The Morgan fingerprint density at radius 3 is 2.48 bits per heavy atom. The van der Waals surface area contributed by atoms with E-state index < -0.39 is 0 Å². The third-order valence-electron chi connectivity index (χ3n) is 3.50. The lowest BCUT2D eigenvalue weighted by Gasteiger charge is -2.18. The van der Waals surface area contributed by atoms with Crippen molar-refractivity contribution in [2.24, 2.45) is 0 Å². The smallest absolute Gasteiger partial charge is 0.272 e. The maximum absolute atomic E-state index is 12.2. The lowest BCUT2D eigenvalue weighted by molar-refractivity contribution is 0.0767. The fourth-order valence-electron chi connectivity index (χ4n) is 2.27. The zero-order valence-electron chi connectivity index (χ0n) is 13.9. The number of para-hydroxylation sites is 2. The van der Waals surface area contributed by atoms with Gasteiger partial charge in [0.15, 0.2) is 0 Å². The Morgan fingerprint density at radius 2 is 1.87 bits per heavy atom. The topological polar surface area (TPSA) is 54.5 Å². The predicted molar refractivity (Wildman–Crippen MR) is 92.4 cm³/mol. The molecule has 23 heavy (non-hydrogen) atoms. The van der Waals surface area contributed by atoms with E-state index in [4.69, 9.17) is 4.74 Å². The van der Waals surface area contributed by atoms with E-state index in [1.807, 2.05) is 51.1 Å². The molecule has 0 aliphatic heterocycles. The van der Waals surface area contributed by atoms with Crippen LogP contribution in [0, 0.1) is 0 Å². The van der Waals surface area contributed by atoms with Gasteiger partial charge in [0, 0.05) is 13.1 Å². The molecular weight excluding hydrogens is 290 g/mol. The van der Waals surface area contributed by atoms with Gasteiger partial charge >= 0.3 is 0 Å². The van der Waals surface area contributed by atoms with Gasteiger partial charge in [0.05, 0.1) is 24.2 Å². The van der Waals surface area contributed by atoms with Crippen LogP contribution in [0.3, 0.4) is 0 Å². The Kier molecular flexibility index (Phi) is 5.97. The van der Waals surface area contributed by atoms with Gasteiger partial charge in [0.1, 0.15) is 11.4 Å². The summed E-state index contributed by atoms with van der Waals surface area (Å²) in [6, 6.07) is 11.3. The summed E-state index contributed by atoms with van der Waals surface area (Å²) in [7, 11) is 0. The van der Waals surface area contributed by atoms with Crippen LogP contribution >= 0.6 is 0 Å². The highest BCUT2D eigenvalue weighted by Gasteiger charge is 2.13. The molecule has 0 aliphatic rings. The number of pyridine rings is 1. The Hall–Kier alpha value is -2.56. The van der Waals surface area contributed by atoms with Crippen LogP contribution in [0.15, 0.2) is 42.6 Å². The minimum Gasteiger partial charge on any atom is -0.492 e. The molecule has 122 valence electrons. The summed E-state index contributed by atoms with van der Waals surface area (Å²) in [6.45, 7) is 7.83. The lowest BCUT2D eigenvalue weighted by atomic mass is 10.2. The monoisotopic (exact) mass is 313 g/mol. The van der Waals surface area contributed by atoms with Crippen LogP contribution < -0.4 is 10.1 Å². The third kappa shape index (κ3) is 4.22. The van der Waals surface area contributed by atoms with Crippen LogP contribution in [-0.4, -0.2) is 35.5 Å². The minimum atomic E-state index is -0.0451. The first kappa shape index (κ1) is 16.8. The summed E-state index contributed by atoms with van der Waals surface area (Å²) in [6.07, 6.45) is 1.67. The second-order valence-corrected chi connectivity index (χ2v) is 4.96. The minimum absolute atomic E-state index is 0.0451. The van der Waals surface area contributed by atoms with Crippen molar-refractivity contribution in [1.82, 2.24) is 9.88 Å². The first-order valence-corrected chi connectivity index (χ1v) is 7.93. The Balaban J connectivity index is 2.13. The average Bonchev–Trinajstić information content (AvgIpc) is 2.58. The van der Waals surface area contributed by atoms with Crippen molar-refractivity contribution in [2.75, 3.05) is 25.0 Å². The van der Waals surface area contributed by atoms with E-state index in [0.717, 1.165) is 17.1 Å². The molecule has 1 aromatic heterocycles. The van der Waals surface area contributed by atoms with Crippen molar-refractivity contribution in [3.05, 3.63) is 48.3 Å². The molecule has 1 aromatic carbocycles. The fourth-order valence-corrected chi connectivity index (χ4v) is 2.27. The van der Waals surface area contributed by atoms with Crippen LogP contribution in [-0.2, 0) is 0 Å². The largest absolute Gasteiger partial charge is 0.492 e. The van der Waals surface area contributed by atoms with Crippen molar-refractivity contribution in [2.45, 2.75) is 20.8 Å². The second-order valence-electron chi connectivity index (χ2n) is 4.96. The molecule has 0 saturated carbocycles. The number of hydrogen-bond acceptors (Lipinski definition) is 4. The number of rotatable bonds is 7. The number of anilines is 2. The summed E-state index contributed by atoms with van der Waals surface area (Å²) in [5, 5.41) is 3.27. The van der Waals surface area contributed by atoms with Crippen LogP contribution in [0.4, 0.5) is 11.4 Å². The molecular formula is C18H23N3O2. The SMILES string of the molecule is CCOc1ccccc1Nc1ccc(C(=O)N(CC)CC)nc1. The molecule has 0 bridgehead atoms. The maximum atomic E-state index is 12.2. The predicted octanol–water partition coefficient (Wildman–Crippen LogP) is 3.71. The van der Waals surface area contributed by atoms with Gasteiger partial charge in [0.2, 0.25) is 0 Å². The third-order valence-corrected chi connectivity index (χ3v) is 3.50. The highest BCUT2D eigenvalue weighted by Crippen LogP contribution is 2.27. The van der Waals surface area contributed by atoms with Crippen LogP contribution in [0.1, 0.15) is 31.3 Å². The van der Waals surface area contributed by atoms with Gasteiger partial charge < -0.3 is 15.0 Å². The number of amides is 1. The Morgan fingerprint density at radius 1 is 1.13 bits per heavy atom. The summed E-state index contributed by atoms with van der Waals surface area (Å²) < 4.78 is 5.59. The highest BCUT2D eigenvalue weighted by atomic mass is 16.5. The number of nitrogens with one attached hydrogen (secondary N) is 1. The van der Waals surface area contributed by atoms with Crippen LogP contribution in [0.25, 0.3) is 0 Å². The average molecular weight is 313 g/mol. The summed E-state index contributed by atoms with van der Waals surface area (Å²) in [5.74, 6) is 0.745. The van der Waals surface area contributed by atoms with Crippen LogP contribution in [0.5, 0.6) is 5.75 Å². The molecule has 2 rings (SSSR count). The van der Waals surface area contributed by atoms with Gasteiger partial charge in [0.25, 0.3) is 5.91 Å². The van der Waals surface area contributed by atoms with Gasteiger partial charge in [-0.15, -0.1) is 0 Å². The first-order chi connectivity index (χ1) is 11.2. The molecule has 1 N–H and O–H groups in total. The second kappa shape index (κ2) is 8.17. The molecule has 5 nitrogen and oxygen atoms in total. The zero-order valence-corrected chi connectivity index (χ0v) is 13.9. The molecule has 0 spiro atoms. The van der Waals surface area contributed by atoms with Crippen molar-refractivity contribution in [3.63, 3.8) is 0 Å². The van der Waals surface area contributed by atoms with Gasteiger partial charge in [-0.3, -0.25) is 4.79 Å². The summed E-state index contributed by atoms with van der Waals surface area (Å²) >= 11 is 0. The molecule has 0 unspecified atom stereocenters. The molecule has 0 atom stereocenters. The number of carbonyl (C=O) groups excluding carboxylic acids is 1. The number of benzene rings is 1. The molecule has 0 saturated heterocycles. The quantitative estimate of drug-likeness (QED) is 0.846. The number of hydrogen-bond donors (Lipinski definition) is 1. The van der Waals surface area contributed by atoms with Gasteiger partial charge in [-0.1, -0.05) is 12.1 Å². The number of carbonyl (C=O) groups is 1. The fraction of sp³-hybridized carbons (Fsp3) is 0.333. The summed E-state index contributed by atoms with van der Waals surface area (Å²) in [4.78, 5) is 18.3. The van der Waals surface area contributed by atoms with Crippen molar-refractivity contribution in [1.29, 1.82) is 0 Å². The maximum Gasteiger partial charge on any atom is 0.272 e. The van der Waals surface area contributed by atoms with Gasteiger partial charge in [-0.2, -0.15) is 0 Å². The van der Waals surface area contributed by atoms with E-state index in [1.165, 1.54) is 0 Å². The summed E-state index contributed by atoms with van der Waals surface area (Å²) in [5.41, 5.74) is 2.14. The number of aromatic nitrogens is 1. The zero-order chi connectivity index (χ0) is 16.7. The van der Waals surface area contributed by atoms with E-state index in [0.29, 0.717) is 25.4 Å². The molecule has 0 radical (unpaired) electrons. The first-order valence-electron chi connectivity index (χ1n) is 7.93. The van der Waals surface area contributed by atoms with E-state index in [2.05, 4.69) is 10.3 Å². The van der Waals surface area contributed by atoms with E-state index >= 15 is 0 Å².